The van der Waals surface area contributed by atoms with Crippen LogP contribution in [0.1, 0.15) is 36.5 Å². The molecule has 3 aromatic carbocycles. The van der Waals surface area contributed by atoms with Gasteiger partial charge in [0.2, 0.25) is 0 Å². The van der Waals surface area contributed by atoms with Crippen molar-refractivity contribution in [3.8, 4) is 16.9 Å². The van der Waals surface area contributed by atoms with Gasteiger partial charge in [0.15, 0.2) is 5.75 Å². The van der Waals surface area contributed by atoms with Crippen molar-refractivity contribution in [1.82, 2.24) is 0 Å². The fourth-order valence-corrected chi connectivity index (χ4v) is 3.12. The summed E-state index contributed by atoms with van der Waals surface area (Å²) in [5.41, 5.74) is 3.52. The minimum absolute atomic E-state index is 0.298. The predicted molar refractivity (Wildman–Crippen MR) is 117 cm³/mol. The van der Waals surface area contributed by atoms with E-state index >= 15 is 0 Å². The molecule has 0 spiro atoms. The highest BCUT2D eigenvalue weighted by molar-refractivity contribution is 5.69. The number of halogens is 3. The Morgan fingerprint density at radius 1 is 0.969 bits per heavy atom. The first-order chi connectivity index (χ1) is 15.3. The maximum absolute atomic E-state index is 12.8. The number of aryl methyl sites for hydroxylation is 1. The summed E-state index contributed by atoms with van der Waals surface area (Å²) in [5.74, 6) is 0.0630. The summed E-state index contributed by atoms with van der Waals surface area (Å²) in [6, 6.07) is 18.1. The molecule has 7 heteroatoms. The Hall–Kier alpha value is -3.48. The lowest BCUT2D eigenvalue weighted by Gasteiger charge is -2.12. The monoisotopic (exact) mass is 443 g/mol. The van der Waals surface area contributed by atoms with Crippen LogP contribution in [0.25, 0.3) is 11.1 Å². The fraction of sp³-hybridized carbons (Fsp3) is 0.240. The van der Waals surface area contributed by atoms with Crippen LogP contribution in [-0.4, -0.2) is 5.97 Å². The summed E-state index contributed by atoms with van der Waals surface area (Å²) >= 11 is 0. The molecule has 3 rings (SSSR count). The van der Waals surface area contributed by atoms with E-state index in [1.807, 2.05) is 50.2 Å². The molecular weight excluding hydrogens is 419 g/mol. The van der Waals surface area contributed by atoms with Crippen molar-refractivity contribution >= 4 is 11.7 Å². The molecule has 0 aromatic heterocycles. The second kappa shape index (κ2) is 10.2. The first kappa shape index (κ1) is 23.2. The number of hydrogen-bond donors (Lipinski definition) is 1. The Kier molecular flexibility index (Phi) is 7.41. The summed E-state index contributed by atoms with van der Waals surface area (Å²) in [7, 11) is 0. The molecule has 0 atom stereocenters. The van der Waals surface area contributed by atoms with Crippen molar-refractivity contribution in [2.45, 2.75) is 39.4 Å². The van der Waals surface area contributed by atoms with Gasteiger partial charge >= 0.3 is 12.1 Å². The topological polar surface area (TPSA) is 47.6 Å². The van der Waals surface area contributed by atoms with Gasteiger partial charge in [-0.25, -0.2) is 4.79 Å². The van der Waals surface area contributed by atoms with Gasteiger partial charge in [-0.3, -0.25) is 9.78 Å². The number of rotatable bonds is 8. The third-order valence-electron chi connectivity index (χ3n) is 4.82. The third kappa shape index (κ3) is 6.26. The maximum atomic E-state index is 12.8. The molecule has 0 unspecified atom stereocenters. The highest BCUT2D eigenvalue weighted by atomic mass is 19.4. The quantitative estimate of drug-likeness (QED) is 0.303. The van der Waals surface area contributed by atoms with Crippen LogP contribution in [0.2, 0.25) is 0 Å². The van der Waals surface area contributed by atoms with Gasteiger partial charge < -0.3 is 5.32 Å². The zero-order valence-corrected chi connectivity index (χ0v) is 17.8. The molecule has 0 aliphatic rings. The van der Waals surface area contributed by atoms with Gasteiger partial charge in [-0.2, -0.15) is 13.2 Å². The van der Waals surface area contributed by atoms with Crippen LogP contribution in [0.5, 0.6) is 5.75 Å². The Bertz CT molecular complexity index is 1060. The van der Waals surface area contributed by atoms with E-state index in [1.165, 1.54) is 12.1 Å². The molecule has 4 nitrogen and oxygen atoms in total. The van der Waals surface area contributed by atoms with Crippen LogP contribution >= 0.6 is 0 Å². The largest absolute Gasteiger partial charge is 0.416 e. The zero-order chi connectivity index (χ0) is 23.1. The number of benzene rings is 3. The van der Waals surface area contributed by atoms with Crippen LogP contribution in [0.3, 0.4) is 0 Å². The summed E-state index contributed by atoms with van der Waals surface area (Å²) in [6.45, 7) is 4.28. The van der Waals surface area contributed by atoms with E-state index in [0.717, 1.165) is 34.5 Å². The van der Waals surface area contributed by atoms with Crippen LogP contribution in [-0.2, 0) is 22.4 Å². The van der Waals surface area contributed by atoms with E-state index in [1.54, 1.807) is 6.07 Å². The number of nitrogens with one attached hydrogen (secondary N) is 1. The van der Waals surface area contributed by atoms with Crippen molar-refractivity contribution in [1.29, 1.82) is 0 Å². The lowest BCUT2D eigenvalue weighted by Crippen LogP contribution is -2.08. The SMILES string of the molecule is CCCC(=O)OOc1ccc(CNc2cccc(-c3ccc(C(F)(F)F)cc3)c2)cc1C. The zero-order valence-electron chi connectivity index (χ0n) is 17.8. The van der Waals surface area contributed by atoms with Gasteiger partial charge in [-0.1, -0.05) is 43.3 Å². The average molecular weight is 443 g/mol. The van der Waals surface area contributed by atoms with Gasteiger partial charge in [0.1, 0.15) is 0 Å². The molecule has 0 radical (unpaired) electrons. The number of hydrogen-bond acceptors (Lipinski definition) is 4. The average Bonchev–Trinajstić information content (AvgIpc) is 2.77. The molecule has 0 aliphatic carbocycles. The third-order valence-corrected chi connectivity index (χ3v) is 4.82. The van der Waals surface area contributed by atoms with E-state index in [9.17, 15) is 18.0 Å². The molecule has 3 aromatic rings. The van der Waals surface area contributed by atoms with E-state index in [2.05, 4.69) is 5.32 Å². The molecule has 1 N–H and O–H groups in total. The van der Waals surface area contributed by atoms with E-state index in [0.29, 0.717) is 30.7 Å². The van der Waals surface area contributed by atoms with E-state index in [4.69, 9.17) is 9.78 Å². The van der Waals surface area contributed by atoms with Gasteiger partial charge in [-0.15, -0.1) is 0 Å². The number of carbonyl (C=O) groups is 1. The number of alkyl halides is 3. The fourth-order valence-electron chi connectivity index (χ4n) is 3.12. The molecule has 168 valence electrons. The summed E-state index contributed by atoms with van der Waals surface area (Å²) in [6.07, 6.45) is -3.36. The lowest BCUT2D eigenvalue weighted by atomic mass is 10.0. The maximum Gasteiger partial charge on any atom is 0.416 e. The van der Waals surface area contributed by atoms with Crippen LogP contribution in [0.4, 0.5) is 18.9 Å². The number of anilines is 1. The van der Waals surface area contributed by atoms with Crippen molar-refractivity contribution in [3.63, 3.8) is 0 Å². The smallest absolute Gasteiger partial charge is 0.381 e. The standard InChI is InChI=1S/C25H24F3NO3/c1-3-5-24(30)32-31-23-13-8-18(14-17(23)2)16-29-22-7-4-6-20(15-22)19-9-11-21(12-10-19)25(26,27)28/h4,6-15,29H,3,5,16H2,1-2H3. The van der Waals surface area contributed by atoms with Crippen LogP contribution < -0.4 is 10.2 Å². The lowest BCUT2D eigenvalue weighted by molar-refractivity contribution is -0.214. The second-order valence-corrected chi connectivity index (χ2v) is 7.40. The minimum atomic E-state index is -4.35. The molecule has 0 amide bonds. The normalized spacial score (nSPS) is 11.2. The van der Waals surface area contributed by atoms with Crippen LogP contribution in [0.15, 0.2) is 66.7 Å². The molecule has 0 aliphatic heterocycles. The Labute approximate surface area is 184 Å². The van der Waals surface area contributed by atoms with E-state index < -0.39 is 17.7 Å². The Balaban J connectivity index is 1.63. The highest BCUT2D eigenvalue weighted by Gasteiger charge is 2.29. The van der Waals surface area contributed by atoms with Gasteiger partial charge in [0.25, 0.3) is 0 Å². The highest BCUT2D eigenvalue weighted by Crippen LogP contribution is 2.31. The van der Waals surface area contributed by atoms with Crippen molar-refractivity contribution < 1.29 is 27.7 Å². The summed E-state index contributed by atoms with van der Waals surface area (Å²) in [4.78, 5) is 21.3. The van der Waals surface area contributed by atoms with E-state index in [-0.39, 0.29) is 0 Å². The van der Waals surface area contributed by atoms with Gasteiger partial charge in [-0.05, 0) is 65.9 Å². The molecular formula is C25H24F3NO3. The molecule has 0 saturated heterocycles. The summed E-state index contributed by atoms with van der Waals surface area (Å²) in [5, 5.41) is 3.31. The first-order valence-electron chi connectivity index (χ1n) is 10.2. The van der Waals surface area contributed by atoms with Gasteiger partial charge in [0.05, 0.1) is 5.56 Å². The Morgan fingerprint density at radius 2 is 1.72 bits per heavy atom. The van der Waals surface area contributed by atoms with Crippen molar-refractivity contribution in [2.24, 2.45) is 0 Å². The van der Waals surface area contributed by atoms with Crippen molar-refractivity contribution in [3.05, 3.63) is 83.4 Å². The van der Waals surface area contributed by atoms with Crippen LogP contribution in [0, 0.1) is 6.92 Å². The summed E-state index contributed by atoms with van der Waals surface area (Å²) < 4.78 is 38.3. The first-order valence-corrected chi connectivity index (χ1v) is 10.2. The Morgan fingerprint density at radius 3 is 2.38 bits per heavy atom. The van der Waals surface area contributed by atoms with Crippen molar-refractivity contribution in [2.75, 3.05) is 5.32 Å². The minimum Gasteiger partial charge on any atom is -0.381 e. The predicted octanol–water partition coefficient (Wildman–Crippen LogP) is 6.93. The molecule has 0 saturated carbocycles. The number of carbonyl (C=O) groups excluding carboxylic acids is 1. The van der Waals surface area contributed by atoms with Gasteiger partial charge in [0, 0.05) is 18.7 Å². The molecule has 0 bridgehead atoms. The second-order valence-electron chi connectivity index (χ2n) is 7.40. The molecule has 0 fully saturated rings. The molecule has 0 heterocycles. The molecule has 32 heavy (non-hydrogen) atoms.